The molecule has 2 N–H and O–H groups in total. The van der Waals surface area contributed by atoms with Gasteiger partial charge in [0.1, 0.15) is 5.25 Å². The summed E-state index contributed by atoms with van der Waals surface area (Å²) < 4.78 is 0. The third-order valence-electron chi connectivity index (χ3n) is 3.41. The summed E-state index contributed by atoms with van der Waals surface area (Å²) >= 11 is 1.34. The molecule has 0 radical (unpaired) electrons. The Morgan fingerprint density at radius 2 is 2.14 bits per heavy atom. The molecule has 1 aromatic rings. The summed E-state index contributed by atoms with van der Waals surface area (Å²) in [6.07, 6.45) is 1.09. The van der Waals surface area contributed by atoms with Crippen LogP contribution in [-0.4, -0.2) is 28.3 Å². The molecule has 118 valence electrons. The summed E-state index contributed by atoms with van der Waals surface area (Å²) in [6, 6.07) is 9.87. The Kier molecular flexibility index (Phi) is 6.00. The molecule has 0 bridgehead atoms. The van der Waals surface area contributed by atoms with E-state index in [4.69, 9.17) is 0 Å². The zero-order valence-electron chi connectivity index (χ0n) is 12.8. The SMILES string of the molecule is CC[C@@H](C)N=C1NC(=O)[C@@H](CC(=O)NCc2ccccc2)S1. The zero-order chi connectivity index (χ0) is 15.9. The standard InChI is InChI=1S/C16H21N3O2S/c1-3-11(2)18-16-19-15(21)13(22-16)9-14(20)17-10-12-7-5-4-6-8-12/h4-8,11,13H,3,9-10H2,1-2H3,(H,17,20)(H,18,19,21)/t11-,13-/m1/s1. The molecule has 0 aromatic heterocycles. The first-order chi connectivity index (χ1) is 10.6. The van der Waals surface area contributed by atoms with E-state index in [2.05, 4.69) is 15.6 Å². The minimum Gasteiger partial charge on any atom is -0.352 e. The number of nitrogens with one attached hydrogen (secondary N) is 2. The average molecular weight is 319 g/mol. The Morgan fingerprint density at radius 1 is 1.41 bits per heavy atom. The third-order valence-corrected chi connectivity index (χ3v) is 4.50. The van der Waals surface area contributed by atoms with Crippen molar-refractivity contribution >= 4 is 28.7 Å². The Hall–Kier alpha value is -1.82. The van der Waals surface area contributed by atoms with Gasteiger partial charge in [-0.3, -0.25) is 14.6 Å². The number of carbonyl (C=O) groups excluding carboxylic acids is 2. The van der Waals surface area contributed by atoms with Gasteiger partial charge in [0.05, 0.1) is 0 Å². The normalized spacial score (nSPS) is 20.7. The molecular formula is C16H21N3O2S. The lowest BCUT2D eigenvalue weighted by atomic mass is 10.2. The van der Waals surface area contributed by atoms with Gasteiger partial charge in [-0.05, 0) is 18.9 Å². The second-order valence-corrected chi connectivity index (χ2v) is 6.45. The smallest absolute Gasteiger partial charge is 0.240 e. The summed E-state index contributed by atoms with van der Waals surface area (Å²) in [6.45, 7) is 4.52. The van der Waals surface area contributed by atoms with Crippen LogP contribution >= 0.6 is 11.8 Å². The van der Waals surface area contributed by atoms with Crippen LogP contribution in [0.5, 0.6) is 0 Å². The van der Waals surface area contributed by atoms with Crippen LogP contribution in [0.15, 0.2) is 35.3 Å². The van der Waals surface area contributed by atoms with Crippen LogP contribution < -0.4 is 10.6 Å². The van der Waals surface area contributed by atoms with E-state index in [9.17, 15) is 9.59 Å². The maximum absolute atomic E-state index is 12.0. The van der Waals surface area contributed by atoms with Gasteiger partial charge in [0.2, 0.25) is 11.8 Å². The van der Waals surface area contributed by atoms with E-state index in [0.29, 0.717) is 11.7 Å². The van der Waals surface area contributed by atoms with E-state index >= 15 is 0 Å². The number of carbonyl (C=O) groups is 2. The lowest BCUT2D eigenvalue weighted by Crippen LogP contribution is -2.31. The molecule has 5 nitrogen and oxygen atoms in total. The van der Waals surface area contributed by atoms with Crippen molar-refractivity contribution in [2.45, 2.75) is 44.5 Å². The lowest BCUT2D eigenvalue weighted by Gasteiger charge is -2.07. The quantitative estimate of drug-likeness (QED) is 0.843. The molecule has 1 heterocycles. The zero-order valence-corrected chi connectivity index (χ0v) is 13.7. The highest BCUT2D eigenvalue weighted by atomic mass is 32.2. The first kappa shape index (κ1) is 16.5. The molecule has 0 aliphatic carbocycles. The van der Waals surface area contributed by atoms with Gasteiger partial charge in [-0.2, -0.15) is 0 Å². The first-order valence-electron chi connectivity index (χ1n) is 7.44. The molecule has 0 saturated carbocycles. The third kappa shape index (κ3) is 4.87. The fraction of sp³-hybridized carbons (Fsp3) is 0.438. The molecule has 1 saturated heterocycles. The second-order valence-electron chi connectivity index (χ2n) is 5.25. The predicted molar refractivity (Wildman–Crippen MR) is 89.6 cm³/mol. The molecule has 1 fully saturated rings. The molecule has 0 unspecified atom stereocenters. The number of hydrogen-bond acceptors (Lipinski definition) is 4. The summed E-state index contributed by atoms with van der Waals surface area (Å²) in [5, 5.41) is 5.82. The fourth-order valence-electron chi connectivity index (χ4n) is 1.93. The highest BCUT2D eigenvalue weighted by molar-refractivity contribution is 8.15. The number of hydrogen-bond donors (Lipinski definition) is 2. The van der Waals surface area contributed by atoms with E-state index in [1.807, 2.05) is 44.2 Å². The summed E-state index contributed by atoms with van der Waals surface area (Å²) in [4.78, 5) is 28.2. The van der Waals surface area contributed by atoms with Crippen molar-refractivity contribution < 1.29 is 9.59 Å². The number of thioether (sulfide) groups is 1. The molecule has 1 aromatic carbocycles. The Labute approximate surface area is 135 Å². The minimum absolute atomic E-state index is 0.124. The van der Waals surface area contributed by atoms with Crippen LogP contribution in [0.2, 0.25) is 0 Å². The number of nitrogens with zero attached hydrogens (tertiary/aromatic N) is 1. The first-order valence-corrected chi connectivity index (χ1v) is 8.32. The van der Waals surface area contributed by atoms with Gasteiger partial charge >= 0.3 is 0 Å². The van der Waals surface area contributed by atoms with Gasteiger partial charge in [-0.15, -0.1) is 0 Å². The van der Waals surface area contributed by atoms with Crippen LogP contribution in [0.1, 0.15) is 32.3 Å². The monoisotopic (exact) mass is 319 g/mol. The molecule has 2 atom stereocenters. The molecule has 1 aliphatic rings. The van der Waals surface area contributed by atoms with Gasteiger partial charge in [0, 0.05) is 19.0 Å². The fourth-order valence-corrected chi connectivity index (χ4v) is 3.00. The number of aliphatic imine (C=N–C) groups is 1. The van der Waals surface area contributed by atoms with Gasteiger partial charge in [0.25, 0.3) is 0 Å². The number of amidine groups is 1. The molecule has 6 heteroatoms. The van der Waals surface area contributed by atoms with E-state index in [1.54, 1.807) is 0 Å². The van der Waals surface area contributed by atoms with E-state index in [-0.39, 0.29) is 24.3 Å². The molecule has 1 aliphatic heterocycles. The van der Waals surface area contributed by atoms with Gasteiger partial charge in [-0.1, -0.05) is 49.0 Å². The van der Waals surface area contributed by atoms with Crippen molar-refractivity contribution in [3.8, 4) is 0 Å². The van der Waals surface area contributed by atoms with Crippen molar-refractivity contribution in [3.05, 3.63) is 35.9 Å². The van der Waals surface area contributed by atoms with Crippen molar-refractivity contribution in [2.75, 3.05) is 0 Å². The minimum atomic E-state index is -0.390. The van der Waals surface area contributed by atoms with Crippen LogP contribution in [0.4, 0.5) is 0 Å². The molecule has 2 amide bonds. The predicted octanol–water partition coefficient (Wildman–Crippen LogP) is 2.08. The number of benzene rings is 1. The van der Waals surface area contributed by atoms with Gasteiger partial charge in [-0.25, -0.2) is 0 Å². The van der Waals surface area contributed by atoms with Crippen molar-refractivity contribution in [1.82, 2.24) is 10.6 Å². The Morgan fingerprint density at radius 3 is 2.82 bits per heavy atom. The maximum atomic E-state index is 12.0. The molecule has 0 spiro atoms. The summed E-state index contributed by atoms with van der Waals surface area (Å²) in [5.74, 6) is -0.261. The lowest BCUT2D eigenvalue weighted by molar-refractivity contribution is -0.125. The average Bonchev–Trinajstić information content (AvgIpc) is 2.85. The highest BCUT2D eigenvalue weighted by Gasteiger charge is 2.32. The van der Waals surface area contributed by atoms with Crippen LogP contribution in [0.3, 0.4) is 0 Å². The van der Waals surface area contributed by atoms with Crippen molar-refractivity contribution in [3.63, 3.8) is 0 Å². The maximum Gasteiger partial charge on any atom is 0.240 e. The molecule has 22 heavy (non-hydrogen) atoms. The Bertz CT molecular complexity index is 560. The van der Waals surface area contributed by atoms with E-state index in [1.165, 1.54) is 11.8 Å². The Balaban J connectivity index is 1.82. The summed E-state index contributed by atoms with van der Waals surface area (Å²) in [7, 11) is 0. The molecule has 2 rings (SSSR count). The summed E-state index contributed by atoms with van der Waals surface area (Å²) in [5.41, 5.74) is 1.04. The largest absolute Gasteiger partial charge is 0.352 e. The van der Waals surface area contributed by atoms with Gasteiger partial charge in [0.15, 0.2) is 5.17 Å². The van der Waals surface area contributed by atoms with E-state index in [0.717, 1.165) is 12.0 Å². The number of amides is 2. The molecular weight excluding hydrogens is 298 g/mol. The highest BCUT2D eigenvalue weighted by Crippen LogP contribution is 2.23. The topological polar surface area (TPSA) is 70.6 Å². The van der Waals surface area contributed by atoms with Crippen LogP contribution in [0.25, 0.3) is 0 Å². The van der Waals surface area contributed by atoms with E-state index < -0.39 is 5.25 Å². The van der Waals surface area contributed by atoms with Crippen LogP contribution in [0, 0.1) is 0 Å². The number of rotatable bonds is 6. The van der Waals surface area contributed by atoms with Crippen LogP contribution in [-0.2, 0) is 16.1 Å². The second kappa shape index (κ2) is 7.98. The van der Waals surface area contributed by atoms with Gasteiger partial charge < -0.3 is 10.6 Å². The van der Waals surface area contributed by atoms with Crippen molar-refractivity contribution in [1.29, 1.82) is 0 Å². The van der Waals surface area contributed by atoms with Crippen molar-refractivity contribution in [2.24, 2.45) is 4.99 Å².